The highest BCUT2D eigenvalue weighted by molar-refractivity contribution is 5.77. The number of alkyl halides is 3. The molecular formula is C17H17F4N3O. The number of benzene rings is 1. The van der Waals surface area contributed by atoms with Crippen LogP contribution in [0, 0.1) is 12.7 Å². The second-order valence-corrected chi connectivity index (χ2v) is 6.13. The topological polar surface area (TPSA) is 38.1 Å². The molecule has 1 saturated heterocycles. The van der Waals surface area contributed by atoms with Crippen LogP contribution in [0.25, 0.3) is 0 Å². The van der Waals surface area contributed by atoms with Crippen LogP contribution in [0.5, 0.6) is 0 Å². The molecule has 1 aliphatic heterocycles. The average molecular weight is 355 g/mol. The summed E-state index contributed by atoms with van der Waals surface area (Å²) >= 11 is 0. The molecule has 8 heteroatoms. The molecule has 3 rings (SSSR count). The Bertz CT molecular complexity index is 784. The minimum atomic E-state index is -4.54. The lowest BCUT2D eigenvalue weighted by Gasteiger charge is -2.25. The molecule has 0 unspecified atom stereocenters. The van der Waals surface area contributed by atoms with Gasteiger partial charge in [-0.25, -0.2) is 4.39 Å². The van der Waals surface area contributed by atoms with Gasteiger partial charge in [-0.3, -0.25) is 9.48 Å². The highest BCUT2D eigenvalue weighted by Gasteiger charge is 2.35. The fourth-order valence-corrected chi connectivity index (χ4v) is 3.15. The Labute approximate surface area is 142 Å². The average Bonchev–Trinajstić information content (AvgIpc) is 3.14. The van der Waals surface area contributed by atoms with Crippen molar-refractivity contribution in [2.24, 2.45) is 0 Å². The molecule has 4 nitrogen and oxygen atoms in total. The molecule has 1 fully saturated rings. The second-order valence-electron chi connectivity index (χ2n) is 6.13. The zero-order chi connectivity index (χ0) is 18.2. The molecule has 1 amide bonds. The first-order valence-corrected chi connectivity index (χ1v) is 7.92. The fraction of sp³-hybridized carbons (Fsp3) is 0.412. The second kappa shape index (κ2) is 6.50. The van der Waals surface area contributed by atoms with E-state index in [1.165, 1.54) is 19.1 Å². The van der Waals surface area contributed by atoms with Gasteiger partial charge < -0.3 is 4.90 Å². The SMILES string of the molecule is Cc1cc(C(F)(F)F)nn1CC(=O)N1CCC[C@H]1c1cccc(F)c1. The van der Waals surface area contributed by atoms with Crippen molar-refractivity contribution in [2.75, 3.05) is 6.54 Å². The number of amides is 1. The first kappa shape index (κ1) is 17.4. The van der Waals surface area contributed by atoms with E-state index in [9.17, 15) is 22.4 Å². The lowest BCUT2D eigenvalue weighted by atomic mass is 10.0. The number of carbonyl (C=O) groups excluding carboxylic acids is 1. The van der Waals surface area contributed by atoms with E-state index in [1.807, 2.05) is 0 Å². The number of aromatic nitrogens is 2. The minimum Gasteiger partial charge on any atom is -0.334 e. The van der Waals surface area contributed by atoms with Gasteiger partial charge in [0.2, 0.25) is 5.91 Å². The lowest BCUT2D eigenvalue weighted by Crippen LogP contribution is -2.34. The quantitative estimate of drug-likeness (QED) is 0.787. The third-order valence-electron chi connectivity index (χ3n) is 4.36. The summed E-state index contributed by atoms with van der Waals surface area (Å²) in [5, 5.41) is 3.49. The molecule has 1 atom stereocenters. The van der Waals surface area contributed by atoms with Crippen LogP contribution < -0.4 is 0 Å². The summed E-state index contributed by atoms with van der Waals surface area (Å²) in [6, 6.07) is 6.70. The molecule has 2 aromatic rings. The molecule has 0 N–H and O–H groups in total. The molecule has 0 radical (unpaired) electrons. The van der Waals surface area contributed by atoms with Gasteiger partial charge >= 0.3 is 6.18 Å². The normalized spacial score (nSPS) is 18.0. The minimum absolute atomic E-state index is 0.263. The molecule has 2 heterocycles. The highest BCUT2D eigenvalue weighted by atomic mass is 19.4. The van der Waals surface area contributed by atoms with Gasteiger partial charge in [-0.05, 0) is 43.5 Å². The third-order valence-corrected chi connectivity index (χ3v) is 4.36. The van der Waals surface area contributed by atoms with Gasteiger partial charge in [0.05, 0.1) is 6.04 Å². The van der Waals surface area contributed by atoms with Crippen molar-refractivity contribution < 1.29 is 22.4 Å². The predicted octanol–water partition coefficient (Wildman–Crippen LogP) is 3.71. The van der Waals surface area contributed by atoms with Crippen molar-refractivity contribution in [2.45, 2.75) is 38.5 Å². The van der Waals surface area contributed by atoms with Crippen LogP contribution in [-0.4, -0.2) is 27.1 Å². The molecule has 25 heavy (non-hydrogen) atoms. The first-order chi connectivity index (χ1) is 11.8. The lowest BCUT2D eigenvalue weighted by molar-refractivity contribution is -0.142. The van der Waals surface area contributed by atoms with E-state index in [-0.39, 0.29) is 30.0 Å². The van der Waals surface area contributed by atoms with Crippen LogP contribution in [0.2, 0.25) is 0 Å². The Morgan fingerprint density at radius 3 is 2.72 bits per heavy atom. The van der Waals surface area contributed by atoms with Gasteiger partial charge in [0.15, 0.2) is 5.69 Å². The maximum absolute atomic E-state index is 13.4. The van der Waals surface area contributed by atoms with Crippen LogP contribution in [0.1, 0.15) is 35.8 Å². The summed E-state index contributed by atoms with van der Waals surface area (Å²) in [7, 11) is 0. The summed E-state index contributed by atoms with van der Waals surface area (Å²) < 4.78 is 52.7. The number of hydrogen-bond acceptors (Lipinski definition) is 2. The van der Waals surface area contributed by atoms with Gasteiger partial charge in [-0.2, -0.15) is 18.3 Å². The highest BCUT2D eigenvalue weighted by Crippen LogP contribution is 2.33. The molecular weight excluding hydrogens is 338 g/mol. The fourth-order valence-electron chi connectivity index (χ4n) is 3.15. The Kier molecular flexibility index (Phi) is 4.53. The molecule has 0 bridgehead atoms. The van der Waals surface area contributed by atoms with Crippen molar-refractivity contribution in [3.8, 4) is 0 Å². The summed E-state index contributed by atoms with van der Waals surface area (Å²) in [6.45, 7) is 1.70. The number of aryl methyl sites for hydroxylation is 1. The van der Waals surface area contributed by atoms with E-state index in [0.29, 0.717) is 18.5 Å². The molecule has 1 aromatic heterocycles. The van der Waals surface area contributed by atoms with Crippen molar-refractivity contribution >= 4 is 5.91 Å². The number of carbonyl (C=O) groups is 1. The zero-order valence-electron chi connectivity index (χ0n) is 13.6. The van der Waals surface area contributed by atoms with Crippen molar-refractivity contribution in [1.29, 1.82) is 0 Å². The van der Waals surface area contributed by atoms with E-state index >= 15 is 0 Å². The summed E-state index contributed by atoms with van der Waals surface area (Å²) in [5.74, 6) is -0.707. The number of rotatable bonds is 3. The molecule has 1 aliphatic rings. The van der Waals surface area contributed by atoms with E-state index in [0.717, 1.165) is 17.2 Å². The van der Waals surface area contributed by atoms with Gasteiger partial charge in [-0.15, -0.1) is 0 Å². The molecule has 0 saturated carbocycles. The van der Waals surface area contributed by atoms with Gasteiger partial charge in [0.1, 0.15) is 12.4 Å². The number of halogens is 4. The summed E-state index contributed by atoms with van der Waals surface area (Å²) in [6.07, 6.45) is -3.09. The van der Waals surface area contributed by atoms with Gasteiger partial charge in [0.25, 0.3) is 0 Å². The monoisotopic (exact) mass is 355 g/mol. The van der Waals surface area contributed by atoms with E-state index in [4.69, 9.17) is 0 Å². The maximum Gasteiger partial charge on any atom is 0.435 e. The van der Waals surface area contributed by atoms with Crippen LogP contribution in [0.4, 0.5) is 17.6 Å². The third kappa shape index (κ3) is 3.67. The van der Waals surface area contributed by atoms with Gasteiger partial charge in [0, 0.05) is 12.2 Å². The summed E-state index contributed by atoms with van der Waals surface area (Å²) in [5.41, 5.74) is -0.0536. The first-order valence-electron chi connectivity index (χ1n) is 7.92. The summed E-state index contributed by atoms with van der Waals surface area (Å²) in [4.78, 5) is 14.2. The van der Waals surface area contributed by atoms with E-state index in [1.54, 1.807) is 17.0 Å². The van der Waals surface area contributed by atoms with Crippen LogP contribution in [0.15, 0.2) is 30.3 Å². The largest absolute Gasteiger partial charge is 0.435 e. The van der Waals surface area contributed by atoms with Crippen LogP contribution >= 0.6 is 0 Å². The molecule has 0 spiro atoms. The standard InChI is InChI=1S/C17H17F4N3O/c1-11-8-15(17(19,20)21)22-24(11)10-16(25)23-7-3-6-14(23)12-4-2-5-13(18)9-12/h2,4-5,8-9,14H,3,6-7,10H2,1H3/t14-/m0/s1. The van der Waals surface area contributed by atoms with Crippen molar-refractivity contribution in [1.82, 2.24) is 14.7 Å². The van der Waals surface area contributed by atoms with E-state index < -0.39 is 11.9 Å². The number of nitrogens with zero attached hydrogens (tertiary/aromatic N) is 3. The Hall–Kier alpha value is -2.38. The number of likely N-dealkylation sites (tertiary alicyclic amines) is 1. The van der Waals surface area contributed by atoms with E-state index in [2.05, 4.69) is 5.10 Å². The van der Waals surface area contributed by atoms with Gasteiger partial charge in [-0.1, -0.05) is 12.1 Å². The Morgan fingerprint density at radius 2 is 2.08 bits per heavy atom. The molecule has 0 aliphatic carbocycles. The van der Waals surface area contributed by atoms with Crippen molar-refractivity contribution in [3.05, 3.63) is 53.1 Å². The van der Waals surface area contributed by atoms with Crippen LogP contribution in [0.3, 0.4) is 0 Å². The molecule has 1 aromatic carbocycles. The Balaban J connectivity index is 1.78. The zero-order valence-corrected chi connectivity index (χ0v) is 13.6. The predicted molar refractivity (Wildman–Crippen MR) is 82.1 cm³/mol. The maximum atomic E-state index is 13.4. The van der Waals surface area contributed by atoms with Crippen molar-refractivity contribution in [3.63, 3.8) is 0 Å². The smallest absolute Gasteiger partial charge is 0.334 e. The number of hydrogen-bond donors (Lipinski definition) is 0. The molecule has 134 valence electrons. The Morgan fingerprint density at radius 1 is 1.32 bits per heavy atom. The van der Waals surface area contributed by atoms with Crippen LogP contribution in [-0.2, 0) is 17.5 Å².